The zero-order chi connectivity index (χ0) is 21.7. The number of nitrogen functional groups attached to an aromatic ring is 2. The lowest BCUT2D eigenvalue weighted by Gasteiger charge is -2.30. The van der Waals surface area contributed by atoms with Crippen LogP contribution in [0.1, 0.15) is 41.7 Å². The first-order chi connectivity index (χ1) is 14.5. The summed E-state index contributed by atoms with van der Waals surface area (Å²) in [6, 6.07) is 0. The van der Waals surface area contributed by atoms with E-state index < -0.39 is 5.91 Å². The van der Waals surface area contributed by atoms with E-state index in [0.717, 1.165) is 38.8 Å². The number of hydrogen-bond acceptors (Lipinski definition) is 8. The average molecular weight is 413 g/mol. The molecule has 30 heavy (non-hydrogen) atoms. The van der Waals surface area contributed by atoms with Gasteiger partial charge in [0.25, 0.3) is 5.91 Å². The highest BCUT2D eigenvalue weighted by molar-refractivity contribution is 6.13. The number of carbonyl (C=O) groups is 1. The number of amidine groups is 1. The second-order valence-electron chi connectivity index (χ2n) is 6.94. The molecule has 3 rings (SSSR count). The van der Waals surface area contributed by atoms with Crippen molar-refractivity contribution in [1.29, 1.82) is 5.41 Å². The van der Waals surface area contributed by atoms with Crippen molar-refractivity contribution < 1.29 is 14.3 Å². The maximum Gasteiger partial charge on any atom is 0.276 e. The fourth-order valence-corrected chi connectivity index (χ4v) is 3.68. The summed E-state index contributed by atoms with van der Waals surface area (Å²) in [6.45, 7) is 1.56. The van der Waals surface area contributed by atoms with Gasteiger partial charge in [-0.25, -0.2) is 4.98 Å². The van der Waals surface area contributed by atoms with E-state index in [4.69, 9.17) is 26.4 Å². The molecular weight excluding hydrogens is 386 g/mol. The van der Waals surface area contributed by atoms with Gasteiger partial charge in [0.05, 0.1) is 26.1 Å². The van der Waals surface area contributed by atoms with Crippen LogP contribution in [0.4, 0.5) is 17.1 Å². The first-order valence-electron chi connectivity index (χ1n) is 9.73. The molecule has 1 amide bonds. The number of nitrogens with one attached hydrogen (secondary N) is 2. The van der Waals surface area contributed by atoms with Crippen LogP contribution >= 0.6 is 0 Å². The van der Waals surface area contributed by atoms with Crippen molar-refractivity contribution in [2.45, 2.75) is 25.7 Å². The van der Waals surface area contributed by atoms with Gasteiger partial charge in [0, 0.05) is 25.5 Å². The summed E-state index contributed by atoms with van der Waals surface area (Å²) in [4.78, 5) is 22.8. The van der Waals surface area contributed by atoms with Gasteiger partial charge in [-0.15, -0.1) is 0 Å². The standard InChI is InChI=1S/C20H27N7O3/c1-29-17-13(19(22)23)18(30-2)16(27-9-5-3-4-6-10-27)14(21)15(17)26-20(28)12-11-24-7-8-25-12/h7-8,11H,3-6,9-10,21H2,1-2H3,(H3,22,23)(H,26,28). The molecule has 1 aliphatic rings. The molecule has 0 spiro atoms. The van der Waals surface area contributed by atoms with E-state index in [1.54, 1.807) is 0 Å². The summed E-state index contributed by atoms with van der Waals surface area (Å²) >= 11 is 0. The van der Waals surface area contributed by atoms with Gasteiger partial charge < -0.3 is 31.2 Å². The second-order valence-corrected chi connectivity index (χ2v) is 6.94. The van der Waals surface area contributed by atoms with Crippen molar-refractivity contribution in [3.63, 3.8) is 0 Å². The monoisotopic (exact) mass is 413 g/mol. The molecule has 1 aromatic heterocycles. The van der Waals surface area contributed by atoms with Crippen molar-refractivity contribution >= 4 is 28.8 Å². The number of amides is 1. The Morgan fingerprint density at radius 2 is 1.80 bits per heavy atom. The Kier molecular flexibility index (Phi) is 6.55. The molecule has 0 aliphatic carbocycles. The second kappa shape index (κ2) is 9.29. The number of rotatable bonds is 6. The smallest absolute Gasteiger partial charge is 0.276 e. The van der Waals surface area contributed by atoms with Crippen LogP contribution < -0.4 is 31.2 Å². The number of methoxy groups -OCH3 is 2. The van der Waals surface area contributed by atoms with Crippen LogP contribution in [0, 0.1) is 5.41 Å². The Hall–Kier alpha value is -3.56. The van der Waals surface area contributed by atoms with Gasteiger partial charge in [-0.3, -0.25) is 15.2 Å². The molecule has 1 fully saturated rings. The molecule has 0 saturated carbocycles. The summed E-state index contributed by atoms with van der Waals surface area (Å²) in [7, 11) is 2.92. The lowest BCUT2D eigenvalue weighted by molar-refractivity contribution is 0.102. The van der Waals surface area contributed by atoms with Gasteiger partial charge in [0.2, 0.25) is 0 Å². The van der Waals surface area contributed by atoms with Gasteiger partial charge in [0.1, 0.15) is 28.5 Å². The minimum Gasteiger partial charge on any atom is -0.494 e. The molecule has 2 heterocycles. The molecule has 0 unspecified atom stereocenters. The predicted octanol–water partition coefficient (Wildman–Crippen LogP) is 1.99. The molecular formula is C20H27N7O3. The Balaban J connectivity index is 2.19. The van der Waals surface area contributed by atoms with Crippen molar-refractivity contribution in [1.82, 2.24) is 9.97 Å². The van der Waals surface area contributed by atoms with Gasteiger partial charge in [0.15, 0.2) is 11.5 Å². The molecule has 10 nitrogen and oxygen atoms in total. The number of anilines is 3. The van der Waals surface area contributed by atoms with Gasteiger partial charge in [-0.2, -0.15) is 0 Å². The van der Waals surface area contributed by atoms with Crippen molar-refractivity contribution in [2.24, 2.45) is 5.73 Å². The largest absolute Gasteiger partial charge is 0.494 e. The van der Waals surface area contributed by atoms with E-state index in [1.165, 1.54) is 32.8 Å². The molecule has 2 aromatic rings. The van der Waals surface area contributed by atoms with Crippen LogP contribution in [0.25, 0.3) is 0 Å². The first-order valence-corrected chi connectivity index (χ1v) is 9.73. The SMILES string of the molecule is COc1c(NC(=O)c2cnccn2)c(N)c(N2CCCCCC2)c(OC)c1C(=N)N. The van der Waals surface area contributed by atoms with Gasteiger partial charge >= 0.3 is 0 Å². The van der Waals surface area contributed by atoms with Crippen molar-refractivity contribution in [3.05, 3.63) is 29.8 Å². The van der Waals surface area contributed by atoms with Gasteiger partial charge in [-0.1, -0.05) is 12.8 Å². The summed E-state index contributed by atoms with van der Waals surface area (Å²) in [6.07, 6.45) is 8.52. The van der Waals surface area contributed by atoms with E-state index in [1.807, 2.05) is 0 Å². The van der Waals surface area contributed by atoms with Gasteiger partial charge in [-0.05, 0) is 12.8 Å². The molecule has 0 bridgehead atoms. The van der Waals surface area contributed by atoms with Crippen LogP contribution in [-0.2, 0) is 0 Å². The number of ether oxygens (including phenoxy) is 2. The van der Waals surface area contributed by atoms with E-state index in [0.29, 0.717) is 11.4 Å². The zero-order valence-corrected chi connectivity index (χ0v) is 17.2. The molecule has 0 radical (unpaired) electrons. The third kappa shape index (κ3) is 4.07. The van der Waals surface area contributed by atoms with Crippen molar-refractivity contribution in [2.75, 3.05) is 43.3 Å². The van der Waals surface area contributed by atoms with Crippen LogP contribution in [0.2, 0.25) is 0 Å². The Morgan fingerprint density at radius 3 is 2.33 bits per heavy atom. The minimum absolute atomic E-state index is 0.121. The Morgan fingerprint density at radius 1 is 1.13 bits per heavy atom. The van der Waals surface area contributed by atoms with E-state index in [-0.39, 0.29) is 34.2 Å². The summed E-state index contributed by atoms with van der Waals surface area (Å²) in [5.41, 5.74) is 13.9. The highest BCUT2D eigenvalue weighted by Crippen LogP contribution is 2.49. The summed E-state index contributed by atoms with van der Waals surface area (Å²) in [5, 5.41) is 10.9. The maximum atomic E-state index is 12.8. The predicted molar refractivity (Wildman–Crippen MR) is 116 cm³/mol. The fraction of sp³-hybridized carbons (Fsp3) is 0.400. The van der Waals surface area contributed by atoms with E-state index in [9.17, 15) is 4.79 Å². The summed E-state index contributed by atoms with van der Waals surface area (Å²) < 4.78 is 11.2. The maximum absolute atomic E-state index is 12.8. The number of carbonyl (C=O) groups excluding carboxylic acids is 1. The normalized spacial score (nSPS) is 14.0. The highest BCUT2D eigenvalue weighted by Gasteiger charge is 2.30. The van der Waals surface area contributed by atoms with Crippen LogP contribution in [-0.4, -0.2) is 49.0 Å². The molecule has 6 N–H and O–H groups in total. The number of nitrogens with zero attached hydrogens (tertiary/aromatic N) is 3. The zero-order valence-electron chi connectivity index (χ0n) is 17.2. The molecule has 10 heteroatoms. The lowest BCUT2D eigenvalue weighted by atomic mass is 10.0. The van der Waals surface area contributed by atoms with E-state index >= 15 is 0 Å². The minimum atomic E-state index is -0.505. The van der Waals surface area contributed by atoms with E-state index in [2.05, 4.69) is 20.2 Å². The number of hydrogen-bond donors (Lipinski definition) is 4. The topological polar surface area (TPSA) is 152 Å². The number of nitrogens with two attached hydrogens (primary N) is 2. The summed E-state index contributed by atoms with van der Waals surface area (Å²) in [5.74, 6) is -0.242. The van der Waals surface area contributed by atoms with Crippen molar-refractivity contribution in [3.8, 4) is 11.5 Å². The molecule has 160 valence electrons. The third-order valence-electron chi connectivity index (χ3n) is 5.05. The molecule has 1 aromatic carbocycles. The quantitative estimate of drug-likeness (QED) is 0.319. The average Bonchev–Trinajstić information content (AvgIpc) is 3.04. The lowest BCUT2D eigenvalue weighted by Crippen LogP contribution is -2.28. The van der Waals surface area contributed by atoms with Crippen LogP contribution in [0.5, 0.6) is 11.5 Å². The highest BCUT2D eigenvalue weighted by atomic mass is 16.5. The van der Waals surface area contributed by atoms with Crippen LogP contribution in [0.15, 0.2) is 18.6 Å². The Bertz CT molecular complexity index is 926. The molecule has 1 saturated heterocycles. The fourth-order valence-electron chi connectivity index (χ4n) is 3.68. The molecule has 1 aliphatic heterocycles. The number of benzene rings is 1. The first kappa shape index (κ1) is 21.2. The third-order valence-corrected chi connectivity index (χ3v) is 5.05. The Labute approximate surface area is 175 Å². The molecule has 0 atom stereocenters. The van der Waals surface area contributed by atoms with Crippen LogP contribution in [0.3, 0.4) is 0 Å². The number of aromatic nitrogens is 2.